The fourth-order valence-corrected chi connectivity index (χ4v) is 4.22. The minimum Gasteiger partial charge on any atom is -0.380 e. The van der Waals surface area contributed by atoms with Crippen molar-refractivity contribution in [1.82, 2.24) is 14.9 Å². The number of methoxy groups -OCH3 is 1. The summed E-state index contributed by atoms with van der Waals surface area (Å²) in [5.41, 5.74) is 0.332. The van der Waals surface area contributed by atoms with Crippen LogP contribution in [0.5, 0.6) is 0 Å². The molecular formula is C18H24Br2ClN3O3S. The number of piperidine rings is 1. The summed E-state index contributed by atoms with van der Waals surface area (Å²) >= 11 is 7.71. The van der Waals surface area contributed by atoms with Gasteiger partial charge in [0.2, 0.25) is 0 Å². The summed E-state index contributed by atoms with van der Waals surface area (Å²) < 4.78 is 6.81. The minimum absolute atomic E-state index is 0. The summed E-state index contributed by atoms with van der Waals surface area (Å²) in [5, 5.41) is 4.27. The number of carbonyl (C=O) groups is 1. The van der Waals surface area contributed by atoms with Crippen LogP contribution in [-0.4, -0.2) is 47.4 Å². The average molecular weight is 558 g/mol. The summed E-state index contributed by atoms with van der Waals surface area (Å²) in [4.78, 5) is 30.4. The molecule has 28 heavy (non-hydrogen) atoms. The Morgan fingerprint density at radius 3 is 2.86 bits per heavy atom. The molecule has 1 aromatic carbocycles. The van der Waals surface area contributed by atoms with Crippen LogP contribution in [0.25, 0.3) is 10.9 Å². The van der Waals surface area contributed by atoms with Gasteiger partial charge in [0.05, 0.1) is 34.9 Å². The third-order valence-electron chi connectivity index (χ3n) is 4.72. The topological polar surface area (TPSA) is 73.2 Å². The lowest BCUT2D eigenvalue weighted by molar-refractivity contribution is -0.121. The maximum absolute atomic E-state index is 12.7. The largest absolute Gasteiger partial charge is 0.380 e. The first-order valence-corrected chi connectivity index (χ1v) is 10.1. The number of rotatable bonds is 6. The van der Waals surface area contributed by atoms with E-state index >= 15 is 0 Å². The van der Waals surface area contributed by atoms with Gasteiger partial charge < -0.3 is 10.1 Å². The molecule has 0 bridgehead atoms. The van der Waals surface area contributed by atoms with Gasteiger partial charge >= 0.3 is 0 Å². The van der Waals surface area contributed by atoms with Crippen LogP contribution < -0.4 is 10.9 Å². The summed E-state index contributed by atoms with van der Waals surface area (Å²) in [6.45, 7) is 0.879. The van der Waals surface area contributed by atoms with Crippen LogP contribution in [0.15, 0.2) is 28.2 Å². The van der Waals surface area contributed by atoms with Crippen LogP contribution in [0.3, 0.4) is 0 Å². The number of nitrogens with one attached hydrogen (secondary N) is 1. The molecule has 3 rings (SSSR count). The molecule has 6 nitrogen and oxygen atoms in total. The number of carbonyl (C=O) groups excluding carboxylic acids is 1. The van der Waals surface area contributed by atoms with E-state index < -0.39 is 0 Å². The third-order valence-corrected chi connectivity index (χ3v) is 5.92. The van der Waals surface area contributed by atoms with Gasteiger partial charge in [0.1, 0.15) is 0 Å². The van der Waals surface area contributed by atoms with Crippen molar-refractivity contribution in [2.24, 2.45) is 0 Å². The Kier molecular flexibility index (Phi) is 10.7. The van der Waals surface area contributed by atoms with Crippen LogP contribution in [0.1, 0.15) is 19.3 Å². The second-order valence-corrected chi connectivity index (χ2v) is 7.66. The Balaban J connectivity index is 0.00000196. The van der Waals surface area contributed by atoms with E-state index in [-0.39, 0.29) is 64.0 Å². The van der Waals surface area contributed by atoms with Gasteiger partial charge in [-0.05, 0) is 37.8 Å². The first-order valence-electron chi connectivity index (χ1n) is 8.54. The molecule has 2 heterocycles. The van der Waals surface area contributed by atoms with Crippen molar-refractivity contribution in [2.45, 2.75) is 42.8 Å². The third kappa shape index (κ3) is 5.79. The van der Waals surface area contributed by atoms with Gasteiger partial charge in [-0.2, -0.15) is 0 Å². The highest BCUT2D eigenvalue weighted by molar-refractivity contribution is 8.93. The number of halogens is 3. The van der Waals surface area contributed by atoms with E-state index in [1.807, 2.05) is 6.26 Å². The van der Waals surface area contributed by atoms with Gasteiger partial charge in [0.15, 0.2) is 5.78 Å². The smallest absolute Gasteiger partial charge is 0.261 e. The minimum atomic E-state index is -0.252. The molecule has 0 unspecified atom stereocenters. The van der Waals surface area contributed by atoms with Crippen LogP contribution in [0, 0.1) is 0 Å². The van der Waals surface area contributed by atoms with Crippen molar-refractivity contribution in [2.75, 3.05) is 19.9 Å². The molecule has 1 saturated heterocycles. The van der Waals surface area contributed by atoms with Gasteiger partial charge in [-0.1, -0.05) is 11.6 Å². The molecule has 0 amide bonds. The van der Waals surface area contributed by atoms with Crippen molar-refractivity contribution >= 4 is 74.0 Å². The second kappa shape index (κ2) is 11.7. The molecule has 0 aliphatic carbocycles. The van der Waals surface area contributed by atoms with E-state index in [2.05, 4.69) is 10.3 Å². The molecule has 0 radical (unpaired) electrons. The van der Waals surface area contributed by atoms with Crippen molar-refractivity contribution in [3.05, 3.63) is 33.8 Å². The van der Waals surface area contributed by atoms with E-state index in [4.69, 9.17) is 16.3 Å². The molecule has 1 aliphatic rings. The molecule has 1 aromatic heterocycles. The summed E-state index contributed by atoms with van der Waals surface area (Å²) in [5.74, 6) is -0.0264. The Morgan fingerprint density at radius 2 is 2.18 bits per heavy atom. The van der Waals surface area contributed by atoms with Crippen LogP contribution >= 0.6 is 57.3 Å². The standard InChI is InChI=1S/C18H22ClN3O3S.2BrH/c1-25-16-4-3-5-20-15(16)6-11(23)9-22-10-21-14-8-17(26-2)13(19)7-12(14)18(22)24;;/h7-8,10,15-16,20H,3-6,9H2,1-2H3;2*1H/t15-,16+;;/m0../s1. The second-order valence-electron chi connectivity index (χ2n) is 6.40. The first kappa shape index (κ1) is 25.6. The van der Waals surface area contributed by atoms with Crippen LogP contribution in [0.4, 0.5) is 0 Å². The number of ether oxygens (including phenoxy) is 1. The Bertz CT molecular complexity index is 881. The fraction of sp³-hybridized carbons (Fsp3) is 0.500. The molecule has 0 saturated carbocycles. The summed E-state index contributed by atoms with van der Waals surface area (Å²) in [6.07, 6.45) is 5.69. The fourth-order valence-electron chi connectivity index (χ4n) is 3.34. The van der Waals surface area contributed by atoms with Crippen LogP contribution in [-0.2, 0) is 16.1 Å². The number of hydrogen-bond donors (Lipinski definition) is 1. The molecule has 156 valence electrons. The molecule has 2 atom stereocenters. The molecule has 2 aromatic rings. The summed E-state index contributed by atoms with van der Waals surface area (Å²) in [7, 11) is 1.67. The van der Waals surface area contributed by atoms with E-state index in [1.165, 1.54) is 22.7 Å². The van der Waals surface area contributed by atoms with Crippen molar-refractivity contribution in [1.29, 1.82) is 0 Å². The predicted molar refractivity (Wildman–Crippen MR) is 125 cm³/mol. The highest BCUT2D eigenvalue weighted by Gasteiger charge is 2.26. The highest BCUT2D eigenvalue weighted by atomic mass is 79.9. The van der Waals surface area contributed by atoms with Crippen molar-refractivity contribution < 1.29 is 9.53 Å². The number of hydrogen-bond acceptors (Lipinski definition) is 6. The number of ketones is 1. The zero-order chi connectivity index (χ0) is 18.7. The van der Waals surface area contributed by atoms with Gasteiger partial charge in [0, 0.05) is 24.5 Å². The molecule has 0 spiro atoms. The quantitative estimate of drug-likeness (QED) is 0.547. The number of fused-ring (bicyclic) bond motifs is 1. The monoisotopic (exact) mass is 555 g/mol. The SMILES string of the molecule is Br.Br.CO[C@@H]1CCCN[C@H]1CC(=O)Cn1cnc2cc(SC)c(Cl)cc2c1=O. The zero-order valence-corrected chi connectivity index (χ0v) is 20.6. The number of thioether (sulfide) groups is 1. The molecule has 1 aliphatic heterocycles. The van der Waals surface area contributed by atoms with E-state index in [9.17, 15) is 9.59 Å². The number of nitrogens with zero attached hydrogens (tertiary/aromatic N) is 2. The maximum atomic E-state index is 12.7. The number of benzene rings is 1. The zero-order valence-electron chi connectivity index (χ0n) is 15.6. The Labute approximate surface area is 194 Å². The Morgan fingerprint density at radius 1 is 1.43 bits per heavy atom. The molecule has 1 N–H and O–H groups in total. The summed E-state index contributed by atoms with van der Waals surface area (Å²) in [6, 6.07) is 3.41. The van der Waals surface area contributed by atoms with E-state index in [0.717, 1.165) is 24.3 Å². The highest BCUT2D eigenvalue weighted by Crippen LogP contribution is 2.28. The Hall–Kier alpha value is -0.450. The molecule has 10 heteroatoms. The van der Waals surface area contributed by atoms with Gasteiger partial charge in [-0.25, -0.2) is 4.98 Å². The number of aromatic nitrogens is 2. The molecular weight excluding hydrogens is 534 g/mol. The first-order chi connectivity index (χ1) is 12.5. The lowest BCUT2D eigenvalue weighted by Gasteiger charge is -2.31. The van der Waals surface area contributed by atoms with Gasteiger partial charge in [0.25, 0.3) is 5.56 Å². The van der Waals surface area contributed by atoms with Crippen molar-refractivity contribution in [3.8, 4) is 0 Å². The average Bonchev–Trinajstić information content (AvgIpc) is 2.64. The predicted octanol–water partition coefficient (Wildman–Crippen LogP) is 3.65. The normalized spacial score (nSPS) is 19.0. The van der Waals surface area contributed by atoms with E-state index in [0.29, 0.717) is 22.3 Å². The van der Waals surface area contributed by atoms with Crippen molar-refractivity contribution in [3.63, 3.8) is 0 Å². The molecule has 1 fully saturated rings. The number of Topliss-reactive ketones (excluding diaryl/α,β-unsaturated/α-hetero) is 1. The lowest BCUT2D eigenvalue weighted by atomic mass is 9.96. The maximum Gasteiger partial charge on any atom is 0.261 e. The lowest BCUT2D eigenvalue weighted by Crippen LogP contribution is -2.47. The van der Waals surface area contributed by atoms with Gasteiger partial charge in [-0.15, -0.1) is 45.7 Å². The van der Waals surface area contributed by atoms with Crippen LogP contribution in [0.2, 0.25) is 5.02 Å². The van der Waals surface area contributed by atoms with E-state index in [1.54, 1.807) is 19.2 Å². The van der Waals surface area contributed by atoms with Gasteiger partial charge in [-0.3, -0.25) is 14.2 Å².